The van der Waals surface area contributed by atoms with Crippen molar-refractivity contribution in [2.24, 2.45) is 7.05 Å². The van der Waals surface area contributed by atoms with E-state index in [1.807, 2.05) is 58.5 Å². The number of amides is 1. The van der Waals surface area contributed by atoms with Crippen molar-refractivity contribution in [2.45, 2.75) is 6.42 Å². The highest BCUT2D eigenvalue weighted by Gasteiger charge is 2.17. The molecule has 0 bridgehead atoms. The summed E-state index contributed by atoms with van der Waals surface area (Å²) in [5.41, 5.74) is 6.41. The van der Waals surface area contributed by atoms with E-state index in [0.717, 1.165) is 57.9 Å². The van der Waals surface area contributed by atoms with Crippen molar-refractivity contribution in [1.29, 1.82) is 0 Å². The summed E-state index contributed by atoms with van der Waals surface area (Å²) >= 11 is 0. The molecule has 0 spiro atoms. The third-order valence-electron chi connectivity index (χ3n) is 6.40. The fourth-order valence-electron chi connectivity index (χ4n) is 4.39. The lowest BCUT2D eigenvalue weighted by Gasteiger charge is -2.26. The minimum absolute atomic E-state index is 0.265. The van der Waals surface area contributed by atoms with Crippen LogP contribution in [0.3, 0.4) is 0 Å². The number of aryl methyl sites for hydroxylation is 1. The number of carbonyl (C=O) groups excluding carboxylic acids is 1. The fourth-order valence-corrected chi connectivity index (χ4v) is 4.39. The lowest BCUT2D eigenvalue weighted by molar-refractivity contribution is -0.111. The molecule has 8 nitrogen and oxygen atoms in total. The summed E-state index contributed by atoms with van der Waals surface area (Å²) in [5, 5.41) is 4.11. The van der Waals surface area contributed by atoms with Crippen molar-refractivity contribution in [2.75, 3.05) is 51.6 Å². The summed E-state index contributed by atoms with van der Waals surface area (Å²) in [6.07, 6.45) is 5.48. The number of anilines is 2. The Kier molecular flexibility index (Phi) is 7.89. The topological polar surface area (TPSA) is 75.5 Å². The molecule has 0 unspecified atom stereocenters. The van der Waals surface area contributed by atoms with Crippen LogP contribution in [0.25, 0.3) is 22.2 Å². The number of ether oxygens (including phenoxy) is 1. The van der Waals surface area contributed by atoms with Crippen LogP contribution < -0.4 is 15.0 Å². The maximum absolute atomic E-state index is 12.2. The summed E-state index contributed by atoms with van der Waals surface area (Å²) in [7, 11) is 9.77. The summed E-state index contributed by atoms with van der Waals surface area (Å²) in [4.78, 5) is 25.6. The number of benzene rings is 2. The maximum Gasteiger partial charge on any atom is 0.247 e. The van der Waals surface area contributed by atoms with E-state index in [9.17, 15) is 4.79 Å². The monoisotopic (exact) mass is 498 g/mol. The largest absolute Gasteiger partial charge is 0.496 e. The zero-order valence-electron chi connectivity index (χ0n) is 22.2. The molecule has 0 saturated carbocycles. The number of aromatic nitrogens is 3. The zero-order chi connectivity index (χ0) is 26.5. The smallest absolute Gasteiger partial charge is 0.247 e. The van der Waals surface area contributed by atoms with Crippen LogP contribution in [-0.4, -0.2) is 66.7 Å². The van der Waals surface area contributed by atoms with Gasteiger partial charge in [0.05, 0.1) is 24.2 Å². The van der Waals surface area contributed by atoms with Crippen LogP contribution in [-0.2, 0) is 18.3 Å². The van der Waals surface area contributed by atoms with Crippen molar-refractivity contribution >= 4 is 28.2 Å². The van der Waals surface area contributed by atoms with Gasteiger partial charge in [-0.3, -0.25) is 4.79 Å². The number of nitrogens with one attached hydrogen (secondary N) is 1. The van der Waals surface area contributed by atoms with Gasteiger partial charge >= 0.3 is 0 Å². The predicted octanol–water partition coefficient (Wildman–Crippen LogP) is 4.36. The minimum Gasteiger partial charge on any atom is -0.496 e. The number of nitrogens with zero attached hydrogens (tertiary/aromatic N) is 5. The van der Waals surface area contributed by atoms with Crippen molar-refractivity contribution in [3.63, 3.8) is 0 Å². The quantitative estimate of drug-likeness (QED) is 0.328. The van der Waals surface area contributed by atoms with Gasteiger partial charge in [0.15, 0.2) is 0 Å². The second-order valence-electron chi connectivity index (χ2n) is 9.34. The number of hydrogen-bond donors (Lipinski definition) is 1. The van der Waals surface area contributed by atoms with Gasteiger partial charge in [-0.15, -0.1) is 0 Å². The molecular weight excluding hydrogens is 464 g/mol. The first-order chi connectivity index (χ1) is 17.8. The third-order valence-corrected chi connectivity index (χ3v) is 6.40. The van der Waals surface area contributed by atoms with E-state index < -0.39 is 0 Å². The molecule has 2 heterocycles. The highest BCUT2D eigenvalue weighted by molar-refractivity contribution is 6.01. The molecule has 1 N–H and O–H groups in total. The molecule has 2 aromatic heterocycles. The van der Waals surface area contributed by atoms with E-state index in [2.05, 4.69) is 54.6 Å². The van der Waals surface area contributed by atoms with Crippen LogP contribution in [0.2, 0.25) is 0 Å². The van der Waals surface area contributed by atoms with Gasteiger partial charge < -0.3 is 24.4 Å². The number of likely N-dealkylation sites (N-methyl/N-ethyl adjacent to an activating group) is 2. The van der Waals surface area contributed by atoms with Crippen molar-refractivity contribution in [3.8, 4) is 17.0 Å². The van der Waals surface area contributed by atoms with Crippen molar-refractivity contribution < 1.29 is 9.53 Å². The standard InChI is InChI=1S/C29H34N6O2/c1-7-29(36)32-25-15-20(28(37-6)17-27(25)34(4)13-12-33(2)3)14-21-16-24(31-19-30-21)23-18-35(5)26-11-9-8-10-22(23)26/h7-11,15-19H,1,12-14H2,2-6H3,(H,32,36). The van der Waals surface area contributed by atoms with E-state index >= 15 is 0 Å². The molecule has 0 saturated heterocycles. The van der Waals surface area contributed by atoms with E-state index in [-0.39, 0.29) is 5.91 Å². The number of carbonyl (C=O) groups is 1. The minimum atomic E-state index is -0.265. The number of hydrogen-bond acceptors (Lipinski definition) is 6. The van der Waals surface area contributed by atoms with Crippen LogP contribution in [0.5, 0.6) is 5.75 Å². The summed E-state index contributed by atoms with van der Waals surface area (Å²) < 4.78 is 7.89. The molecule has 0 aliphatic heterocycles. The Morgan fingerprint density at radius 2 is 1.92 bits per heavy atom. The zero-order valence-corrected chi connectivity index (χ0v) is 22.2. The van der Waals surface area contributed by atoms with Gasteiger partial charge in [-0.2, -0.15) is 0 Å². The Morgan fingerprint density at radius 3 is 2.65 bits per heavy atom. The highest BCUT2D eigenvalue weighted by Crippen LogP contribution is 2.35. The molecule has 0 aliphatic carbocycles. The summed E-state index contributed by atoms with van der Waals surface area (Å²) in [5.74, 6) is 0.465. The molecule has 0 radical (unpaired) electrons. The van der Waals surface area contributed by atoms with Crippen LogP contribution in [0, 0.1) is 0 Å². The number of para-hydroxylation sites is 1. The van der Waals surface area contributed by atoms with Gasteiger partial charge in [-0.05, 0) is 38.4 Å². The second kappa shape index (κ2) is 11.3. The van der Waals surface area contributed by atoms with E-state index in [1.54, 1.807) is 13.4 Å². The molecule has 4 aromatic rings. The van der Waals surface area contributed by atoms with Crippen molar-refractivity contribution in [3.05, 3.63) is 78.9 Å². The Hall–Kier alpha value is -4.17. The Labute approximate surface area is 218 Å². The predicted molar refractivity (Wildman–Crippen MR) is 150 cm³/mol. The Bertz CT molecular complexity index is 1430. The van der Waals surface area contributed by atoms with E-state index in [1.165, 1.54) is 6.08 Å². The van der Waals surface area contributed by atoms with Gasteiger partial charge in [0, 0.05) is 73.6 Å². The van der Waals surface area contributed by atoms with E-state index in [4.69, 9.17) is 4.74 Å². The fraction of sp³-hybridized carbons (Fsp3) is 0.276. The van der Waals surface area contributed by atoms with Crippen LogP contribution in [0.15, 0.2) is 67.6 Å². The number of methoxy groups -OCH3 is 1. The van der Waals surface area contributed by atoms with Crippen LogP contribution >= 0.6 is 0 Å². The summed E-state index contributed by atoms with van der Waals surface area (Å²) in [6.45, 7) is 5.25. The molecule has 0 aliphatic rings. The molecule has 0 fully saturated rings. The van der Waals surface area contributed by atoms with E-state index in [0.29, 0.717) is 12.1 Å². The molecule has 4 rings (SSSR count). The average Bonchev–Trinajstić information content (AvgIpc) is 3.24. The molecule has 0 atom stereocenters. The summed E-state index contributed by atoms with van der Waals surface area (Å²) in [6, 6.07) is 14.2. The first-order valence-electron chi connectivity index (χ1n) is 12.2. The van der Waals surface area contributed by atoms with Gasteiger partial charge in [-0.1, -0.05) is 24.8 Å². The van der Waals surface area contributed by atoms with Crippen LogP contribution in [0.4, 0.5) is 11.4 Å². The Morgan fingerprint density at radius 1 is 1.14 bits per heavy atom. The van der Waals surface area contributed by atoms with Gasteiger partial charge in [0.25, 0.3) is 0 Å². The molecular formula is C29H34N6O2. The second-order valence-corrected chi connectivity index (χ2v) is 9.34. The van der Waals surface area contributed by atoms with Gasteiger partial charge in [0.2, 0.25) is 5.91 Å². The molecule has 192 valence electrons. The molecule has 8 heteroatoms. The third kappa shape index (κ3) is 5.81. The van der Waals surface area contributed by atoms with Gasteiger partial charge in [0.1, 0.15) is 12.1 Å². The van der Waals surface area contributed by atoms with Crippen molar-refractivity contribution in [1.82, 2.24) is 19.4 Å². The maximum atomic E-state index is 12.2. The lowest BCUT2D eigenvalue weighted by Crippen LogP contribution is -2.29. The van der Waals surface area contributed by atoms with Crippen LogP contribution in [0.1, 0.15) is 11.3 Å². The molecule has 1 amide bonds. The first kappa shape index (κ1) is 25.9. The number of rotatable bonds is 10. The number of fused-ring (bicyclic) bond motifs is 1. The molecule has 2 aromatic carbocycles. The highest BCUT2D eigenvalue weighted by atomic mass is 16.5. The average molecular weight is 499 g/mol. The normalized spacial score (nSPS) is 11.1. The SMILES string of the molecule is C=CC(=O)Nc1cc(Cc2cc(-c3cn(C)c4ccccc34)ncn2)c(OC)cc1N(C)CCN(C)C. The lowest BCUT2D eigenvalue weighted by atomic mass is 10.0. The Balaban J connectivity index is 1.71. The van der Waals surface area contributed by atoms with Gasteiger partial charge in [-0.25, -0.2) is 9.97 Å². The first-order valence-corrected chi connectivity index (χ1v) is 12.2. The molecule has 37 heavy (non-hydrogen) atoms.